The number of carbonyl (C=O) groups is 1. The Kier molecular flexibility index (Phi) is 5.69. The normalized spacial score (nSPS) is 15.9. The van der Waals surface area contributed by atoms with E-state index in [1.54, 1.807) is 16.8 Å². The smallest absolute Gasteiger partial charge is 0.251 e. The lowest BCUT2D eigenvalue weighted by atomic mass is 10.1. The molecule has 4 rings (SSSR count). The molecule has 8 nitrogen and oxygen atoms in total. The quantitative estimate of drug-likeness (QED) is 0.699. The minimum atomic E-state index is -0.106. The second-order valence-corrected chi connectivity index (χ2v) is 6.65. The summed E-state index contributed by atoms with van der Waals surface area (Å²) in [7, 11) is 0. The minimum absolute atomic E-state index is 0.0917. The number of rotatable bonds is 6. The Labute approximate surface area is 163 Å². The Hall–Kier alpha value is -3.10. The fourth-order valence-corrected chi connectivity index (χ4v) is 3.25. The lowest BCUT2D eigenvalue weighted by Gasteiger charge is -2.31. The number of hydrogen-bond donors (Lipinski definition) is 1. The first kappa shape index (κ1) is 18.3. The molecule has 0 spiro atoms. The van der Waals surface area contributed by atoms with E-state index in [9.17, 15) is 4.79 Å². The van der Waals surface area contributed by atoms with Crippen LogP contribution in [0.3, 0.4) is 0 Å². The molecule has 1 amide bonds. The summed E-state index contributed by atoms with van der Waals surface area (Å²) in [5, 5.41) is 14.3. The maximum absolute atomic E-state index is 12.9. The number of aromatic nitrogens is 4. The zero-order valence-corrected chi connectivity index (χ0v) is 15.4. The van der Waals surface area contributed by atoms with Gasteiger partial charge in [-0.1, -0.05) is 30.3 Å². The summed E-state index contributed by atoms with van der Waals surface area (Å²) in [6.07, 6.45) is 1.52. The Morgan fingerprint density at radius 3 is 2.50 bits per heavy atom. The molecule has 1 unspecified atom stereocenters. The maximum atomic E-state index is 12.9. The van der Waals surface area contributed by atoms with E-state index in [4.69, 9.17) is 4.74 Å². The largest absolute Gasteiger partial charge is 0.379 e. The van der Waals surface area contributed by atoms with Crippen LogP contribution in [0.5, 0.6) is 0 Å². The first-order valence-corrected chi connectivity index (χ1v) is 9.29. The van der Waals surface area contributed by atoms with E-state index in [0.717, 1.165) is 44.1 Å². The molecule has 1 fully saturated rings. The van der Waals surface area contributed by atoms with Crippen molar-refractivity contribution < 1.29 is 9.53 Å². The molecule has 0 saturated carbocycles. The molecule has 0 radical (unpaired) electrons. The molecule has 28 heavy (non-hydrogen) atoms. The highest BCUT2D eigenvalue weighted by atomic mass is 16.5. The lowest BCUT2D eigenvalue weighted by molar-refractivity contribution is 0.0332. The number of nitrogens with zero attached hydrogens (tertiary/aromatic N) is 5. The van der Waals surface area contributed by atoms with Crippen LogP contribution < -0.4 is 5.32 Å². The topological polar surface area (TPSA) is 85.2 Å². The van der Waals surface area contributed by atoms with Gasteiger partial charge >= 0.3 is 0 Å². The van der Waals surface area contributed by atoms with Crippen molar-refractivity contribution >= 4 is 5.91 Å². The monoisotopic (exact) mass is 378 g/mol. The summed E-state index contributed by atoms with van der Waals surface area (Å²) in [6.45, 7) is 3.96. The molecular formula is C20H22N6O2. The molecule has 0 bridgehead atoms. The number of amides is 1. The highest BCUT2D eigenvalue weighted by Gasteiger charge is 2.20. The molecule has 1 aromatic heterocycles. The fraction of sp³-hybridized carbons (Fsp3) is 0.300. The van der Waals surface area contributed by atoms with Crippen LogP contribution in [0, 0.1) is 0 Å². The Morgan fingerprint density at radius 2 is 1.82 bits per heavy atom. The predicted molar refractivity (Wildman–Crippen MR) is 103 cm³/mol. The van der Waals surface area contributed by atoms with Crippen LogP contribution in [0.4, 0.5) is 0 Å². The molecule has 1 saturated heterocycles. The summed E-state index contributed by atoms with van der Waals surface area (Å²) in [5.41, 5.74) is 2.49. The summed E-state index contributed by atoms with van der Waals surface area (Å²) < 4.78 is 6.98. The van der Waals surface area contributed by atoms with E-state index in [1.807, 2.05) is 42.5 Å². The van der Waals surface area contributed by atoms with Crippen molar-refractivity contribution in [3.05, 3.63) is 72.1 Å². The molecule has 8 heteroatoms. The van der Waals surface area contributed by atoms with E-state index in [2.05, 4.69) is 25.7 Å². The second kappa shape index (κ2) is 8.73. The third kappa shape index (κ3) is 4.41. The Balaban J connectivity index is 1.48. The van der Waals surface area contributed by atoms with Crippen molar-refractivity contribution in [3.63, 3.8) is 0 Å². The van der Waals surface area contributed by atoms with Crippen molar-refractivity contribution in [2.45, 2.75) is 6.04 Å². The summed E-state index contributed by atoms with van der Waals surface area (Å²) in [6, 6.07) is 17.2. The van der Waals surface area contributed by atoms with Gasteiger partial charge in [-0.25, -0.2) is 4.68 Å². The maximum Gasteiger partial charge on any atom is 0.251 e. The van der Waals surface area contributed by atoms with Crippen molar-refractivity contribution in [1.82, 2.24) is 30.4 Å². The number of hydrogen-bond acceptors (Lipinski definition) is 6. The molecule has 2 aromatic carbocycles. The van der Waals surface area contributed by atoms with E-state index < -0.39 is 0 Å². The zero-order valence-electron chi connectivity index (χ0n) is 15.4. The molecule has 1 aliphatic heterocycles. The number of carbonyl (C=O) groups excluding carboxylic acids is 1. The van der Waals surface area contributed by atoms with Crippen molar-refractivity contribution in [1.29, 1.82) is 0 Å². The van der Waals surface area contributed by atoms with Gasteiger partial charge in [0.15, 0.2) is 0 Å². The van der Waals surface area contributed by atoms with Gasteiger partial charge in [-0.2, -0.15) is 0 Å². The molecule has 0 aliphatic carbocycles. The minimum Gasteiger partial charge on any atom is -0.379 e. The van der Waals surface area contributed by atoms with Gasteiger partial charge in [0.2, 0.25) is 0 Å². The molecule has 1 N–H and O–H groups in total. The molecule has 2 heterocycles. The molecular weight excluding hydrogens is 356 g/mol. The van der Waals surface area contributed by atoms with Gasteiger partial charge in [-0.15, -0.1) is 5.10 Å². The van der Waals surface area contributed by atoms with Gasteiger partial charge in [-0.05, 0) is 40.3 Å². The van der Waals surface area contributed by atoms with Gasteiger partial charge in [0.1, 0.15) is 6.33 Å². The van der Waals surface area contributed by atoms with Gasteiger partial charge in [0.05, 0.1) is 24.9 Å². The van der Waals surface area contributed by atoms with Crippen LogP contribution in [-0.4, -0.2) is 63.9 Å². The average molecular weight is 378 g/mol. The number of tetrazole rings is 1. The Bertz CT molecular complexity index is 877. The highest BCUT2D eigenvalue weighted by Crippen LogP contribution is 2.17. The third-order valence-corrected chi connectivity index (χ3v) is 4.79. The van der Waals surface area contributed by atoms with E-state index >= 15 is 0 Å². The van der Waals surface area contributed by atoms with Crippen LogP contribution in [0.2, 0.25) is 0 Å². The Morgan fingerprint density at radius 1 is 1.07 bits per heavy atom. The zero-order chi connectivity index (χ0) is 19.2. The van der Waals surface area contributed by atoms with Crippen LogP contribution in [0.1, 0.15) is 22.0 Å². The van der Waals surface area contributed by atoms with Gasteiger partial charge in [0.25, 0.3) is 5.91 Å². The number of benzene rings is 2. The van der Waals surface area contributed by atoms with Gasteiger partial charge in [-0.3, -0.25) is 9.69 Å². The van der Waals surface area contributed by atoms with Crippen molar-refractivity contribution in [2.24, 2.45) is 0 Å². The van der Waals surface area contributed by atoms with Gasteiger partial charge < -0.3 is 10.1 Å². The first-order valence-electron chi connectivity index (χ1n) is 9.29. The molecule has 1 atom stereocenters. The number of ether oxygens (including phenoxy) is 1. The average Bonchev–Trinajstić information content (AvgIpc) is 3.30. The molecule has 1 aliphatic rings. The van der Waals surface area contributed by atoms with Crippen LogP contribution in [0.25, 0.3) is 5.69 Å². The van der Waals surface area contributed by atoms with Crippen molar-refractivity contribution in [2.75, 3.05) is 32.8 Å². The van der Waals surface area contributed by atoms with Crippen LogP contribution in [-0.2, 0) is 4.74 Å². The second-order valence-electron chi connectivity index (χ2n) is 6.65. The van der Waals surface area contributed by atoms with Gasteiger partial charge in [0, 0.05) is 25.2 Å². The predicted octanol–water partition coefficient (Wildman–Crippen LogP) is 1.47. The number of nitrogens with one attached hydrogen (secondary N) is 1. The van der Waals surface area contributed by atoms with Crippen LogP contribution >= 0.6 is 0 Å². The standard InChI is InChI=1S/C20H22N6O2/c27-20(17-6-8-18(9-7-17)26-15-21-23-24-26)22-19(16-4-2-1-3-5-16)14-25-10-12-28-13-11-25/h1-9,15,19H,10-14H2,(H,22,27). The molecule has 144 valence electrons. The third-order valence-electron chi connectivity index (χ3n) is 4.79. The van der Waals surface area contributed by atoms with E-state index in [1.165, 1.54) is 6.33 Å². The first-order chi connectivity index (χ1) is 13.8. The molecule has 3 aromatic rings. The number of morpholine rings is 1. The van der Waals surface area contributed by atoms with E-state index in [0.29, 0.717) is 5.56 Å². The SMILES string of the molecule is O=C(NC(CN1CCOCC1)c1ccccc1)c1ccc(-n2cnnn2)cc1. The highest BCUT2D eigenvalue weighted by molar-refractivity contribution is 5.94. The summed E-state index contributed by atoms with van der Waals surface area (Å²) in [5.74, 6) is -0.106. The fourth-order valence-electron chi connectivity index (χ4n) is 3.25. The van der Waals surface area contributed by atoms with Crippen molar-refractivity contribution in [3.8, 4) is 5.69 Å². The summed E-state index contributed by atoms with van der Waals surface area (Å²) >= 11 is 0. The van der Waals surface area contributed by atoms with E-state index in [-0.39, 0.29) is 11.9 Å². The lowest BCUT2D eigenvalue weighted by Crippen LogP contribution is -2.43. The van der Waals surface area contributed by atoms with Crippen LogP contribution in [0.15, 0.2) is 60.9 Å². The summed E-state index contributed by atoms with van der Waals surface area (Å²) in [4.78, 5) is 15.2.